The maximum absolute atomic E-state index is 12.8. The first-order valence-corrected chi connectivity index (χ1v) is 10.4. The largest absolute Gasteiger partial charge is 0.396 e. The first kappa shape index (κ1) is 20.8. The van der Waals surface area contributed by atoms with E-state index in [9.17, 15) is 9.59 Å². The number of H-pyrrole nitrogens is 1. The molecule has 1 aromatic carbocycles. The number of benzene rings is 1. The van der Waals surface area contributed by atoms with Gasteiger partial charge >= 0.3 is 6.03 Å². The van der Waals surface area contributed by atoms with Crippen LogP contribution in [0, 0.1) is 5.92 Å². The highest BCUT2D eigenvalue weighted by atomic mass is 16.3. The van der Waals surface area contributed by atoms with Gasteiger partial charge in [-0.05, 0) is 48.1 Å². The van der Waals surface area contributed by atoms with Crippen molar-refractivity contribution in [3.8, 4) is 0 Å². The number of aromatic amines is 1. The third-order valence-corrected chi connectivity index (χ3v) is 5.57. The number of pyridine rings is 1. The summed E-state index contributed by atoms with van der Waals surface area (Å²) in [5.74, 6) is -0.0660. The summed E-state index contributed by atoms with van der Waals surface area (Å²) in [7, 11) is 0. The minimum atomic E-state index is -0.215. The van der Waals surface area contributed by atoms with E-state index in [4.69, 9.17) is 5.11 Å². The van der Waals surface area contributed by atoms with Crippen molar-refractivity contribution in [3.05, 3.63) is 53.3 Å². The Morgan fingerprint density at radius 3 is 3.03 bits per heavy atom. The van der Waals surface area contributed by atoms with E-state index in [1.807, 2.05) is 6.92 Å². The van der Waals surface area contributed by atoms with Crippen molar-refractivity contribution < 1.29 is 14.7 Å². The van der Waals surface area contributed by atoms with Gasteiger partial charge in [-0.1, -0.05) is 13.0 Å². The molecule has 31 heavy (non-hydrogen) atoms. The van der Waals surface area contributed by atoms with Crippen LogP contribution in [0.4, 0.5) is 10.5 Å². The van der Waals surface area contributed by atoms with Crippen molar-refractivity contribution in [2.75, 3.05) is 25.0 Å². The summed E-state index contributed by atoms with van der Waals surface area (Å²) in [6.45, 7) is 3.57. The van der Waals surface area contributed by atoms with Crippen molar-refractivity contribution >= 4 is 28.7 Å². The van der Waals surface area contributed by atoms with Crippen LogP contribution in [0.2, 0.25) is 0 Å². The minimum absolute atomic E-state index is 0.0986. The highest BCUT2D eigenvalue weighted by molar-refractivity contribution is 5.97. The number of rotatable bonds is 6. The molecule has 0 saturated carbocycles. The van der Waals surface area contributed by atoms with Crippen molar-refractivity contribution in [2.24, 2.45) is 5.92 Å². The SMILES string of the molecule is C[C@@H](CO)CCNC(=O)c1cccc(NC(=O)N2CCc3c(cnc4[nH]ncc34)C2)c1. The second-order valence-corrected chi connectivity index (χ2v) is 7.91. The fourth-order valence-electron chi connectivity index (χ4n) is 3.69. The Balaban J connectivity index is 1.37. The van der Waals surface area contributed by atoms with E-state index in [2.05, 4.69) is 25.8 Å². The second-order valence-electron chi connectivity index (χ2n) is 7.91. The molecular formula is C22H26N6O3. The fraction of sp³-hybridized carbons (Fsp3) is 0.364. The summed E-state index contributed by atoms with van der Waals surface area (Å²) in [6.07, 6.45) is 5.00. The van der Waals surface area contributed by atoms with Crippen LogP contribution in [0.15, 0.2) is 36.7 Å². The molecule has 0 radical (unpaired) electrons. The molecule has 1 aliphatic heterocycles. The zero-order valence-corrected chi connectivity index (χ0v) is 17.4. The van der Waals surface area contributed by atoms with Gasteiger partial charge in [0.2, 0.25) is 0 Å². The quantitative estimate of drug-likeness (QED) is 0.485. The van der Waals surface area contributed by atoms with Gasteiger partial charge in [0, 0.05) is 49.1 Å². The third kappa shape index (κ3) is 4.66. The number of nitrogens with zero attached hydrogens (tertiary/aromatic N) is 3. The topological polar surface area (TPSA) is 123 Å². The number of carbonyl (C=O) groups is 2. The van der Waals surface area contributed by atoms with Gasteiger partial charge in [0.1, 0.15) is 0 Å². The number of fused-ring (bicyclic) bond motifs is 3. The molecular weight excluding hydrogens is 396 g/mol. The maximum Gasteiger partial charge on any atom is 0.322 e. The second kappa shape index (κ2) is 9.13. The molecule has 0 saturated heterocycles. The molecule has 162 valence electrons. The van der Waals surface area contributed by atoms with Crippen molar-refractivity contribution in [3.63, 3.8) is 0 Å². The van der Waals surface area contributed by atoms with Crippen LogP contribution in [0.5, 0.6) is 0 Å². The molecule has 9 nitrogen and oxygen atoms in total. The van der Waals surface area contributed by atoms with Crippen LogP contribution < -0.4 is 10.6 Å². The van der Waals surface area contributed by atoms with Crippen molar-refractivity contribution in [1.82, 2.24) is 25.4 Å². The molecule has 3 aromatic rings. The Labute approximate surface area is 179 Å². The summed E-state index contributed by atoms with van der Waals surface area (Å²) in [6, 6.07) is 6.66. The summed E-state index contributed by atoms with van der Waals surface area (Å²) in [4.78, 5) is 31.3. The van der Waals surface area contributed by atoms with E-state index >= 15 is 0 Å². The van der Waals surface area contributed by atoms with E-state index in [0.717, 1.165) is 23.0 Å². The number of aromatic nitrogens is 3. The molecule has 0 spiro atoms. The van der Waals surface area contributed by atoms with Gasteiger partial charge < -0.3 is 20.6 Å². The predicted octanol–water partition coefficient (Wildman–Crippen LogP) is 2.30. The number of nitrogens with one attached hydrogen (secondary N) is 3. The molecule has 0 bridgehead atoms. The number of anilines is 1. The normalized spacial score (nSPS) is 14.2. The predicted molar refractivity (Wildman–Crippen MR) is 117 cm³/mol. The molecule has 1 atom stereocenters. The standard InChI is InChI=1S/C22H26N6O3/c1-14(13-29)5-7-23-21(30)15-3-2-4-17(9-15)26-22(31)28-8-6-18-16(12-28)10-24-20-19(18)11-25-27-20/h2-4,9-11,14,29H,5-8,12-13H2,1H3,(H,23,30)(H,26,31)(H,24,25,27)/t14-/m1/s1. The zero-order valence-electron chi connectivity index (χ0n) is 17.4. The molecule has 0 fully saturated rings. The molecule has 4 N–H and O–H groups in total. The lowest BCUT2D eigenvalue weighted by atomic mass is 9.99. The average Bonchev–Trinajstić information content (AvgIpc) is 3.28. The number of hydrogen-bond acceptors (Lipinski definition) is 5. The monoisotopic (exact) mass is 422 g/mol. The number of carbonyl (C=O) groups excluding carboxylic acids is 2. The van der Waals surface area contributed by atoms with E-state index < -0.39 is 0 Å². The first-order chi connectivity index (χ1) is 15.0. The van der Waals surface area contributed by atoms with Gasteiger partial charge in [0.15, 0.2) is 5.65 Å². The Hall–Kier alpha value is -3.46. The van der Waals surface area contributed by atoms with Crippen LogP contribution in [0.25, 0.3) is 11.0 Å². The molecule has 2 aromatic heterocycles. The lowest BCUT2D eigenvalue weighted by Crippen LogP contribution is -2.39. The average molecular weight is 422 g/mol. The van der Waals surface area contributed by atoms with Crippen molar-refractivity contribution in [1.29, 1.82) is 0 Å². The molecule has 0 unspecified atom stereocenters. The number of urea groups is 1. The Kier molecular flexibility index (Phi) is 6.13. The number of aliphatic hydroxyl groups excluding tert-OH is 1. The van der Waals surface area contributed by atoms with Gasteiger partial charge in [-0.3, -0.25) is 9.89 Å². The molecule has 4 rings (SSSR count). The highest BCUT2D eigenvalue weighted by Gasteiger charge is 2.23. The molecule has 3 amide bonds. The number of aliphatic hydroxyl groups is 1. The number of hydrogen-bond donors (Lipinski definition) is 4. The smallest absolute Gasteiger partial charge is 0.322 e. The summed E-state index contributed by atoms with van der Waals surface area (Å²) >= 11 is 0. The fourth-order valence-corrected chi connectivity index (χ4v) is 3.69. The van der Waals surface area contributed by atoms with Crippen LogP contribution in [-0.2, 0) is 13.0 Å². The van der Waals surface area contributed by atoms with Crippen LogP contribution in [0.3, 0.4) is 0 Å². The van der Waals surface area contributed by atoms with Crippen LogP contribution in [-0.4, -0.2) is 56.8 Å². The Bertz CT molecular complexity index is 1100. The maximum atomic E-state index is 12.8. The number of amides is 3. The van der Waals surface area contributed by atoms with E-state index in [1.165, 1.54) is 5.56 Å². The third-order valence-electron chi connectivity index (χ3n) is 5.57. The van der Waals surface area contributed by atoms with E-state index in [0.29, 0.717) is 37.3 Å². The van der Waals surface area contributed by atoms with E-state index in [1.54, 1.807) is 41.6 Å². The first-order valence-electron chi connectivity index (χ1n) is 10.4. The van der Waals surface area contributed by atoms with Gasteiger partial charge in [-0.15, -0.1) is 0 Å². The van der Waals surface area contributed by atoms with Crippen LogP contribution >= 0.6 is 0 Å². The van der Waals surface area contributed by atoms with Crippen LogP contribution in [0.1, 0.15) is 34.8 Å². The van der Waals surface area contributed by atoms with Gasteiger partial charge in [0.25, 0.3) is 5.91 Å². The highest BCUT2D eigenvalue weighted by Crippen LogP contribution is 2.25. The minimum Gasteiger partial charge on any atom is -0.396 e. The van der Waals surface area contributed by atoms with E-state index in [-0.39, 0.29) is 24.5 Å². The van der Waals surface area contributed by atoms with Gasteiger partial charge in [0.05, 0.1) is 6.20 Å². The zero-order chi connectivity index (χ0) is 21.8. The summed E-state index contributed by atoms with van der Waals surface area (Å²) in [5, 5.41) is 22.7. The van der Waals surface area contributed by atoms with Gasteiger partial charge in [-0.25, -0.2) is 9.78 Å². The lowest BCUT2D eigenvalue weighted by Gasteiger charge is -2.29. The molecule has 9 heteroatoms. The molecule has 0 aliphatic carbocycles. The molecule has 3 heterocycles. The molecule has 1 aliphatic rings. The summed E-state index contributed by atoms with van der Waals surface area (Å²) in [5.41, 5.74) is 4.00. The van der Waals surface area contributed by atoms with Crippen molar-refractivity contribution in [2.45, 2.75) is 26.3 Å². The summed E-state index contributed by atoms with van der Waals surface area (Å²) < 4.78 is 0. The Morgan fingerprint density at radius 1 is 1.32 bits per heavy atom. The lowest BCUT2D eigenvalue weighted by molar-refractivity contribution is 0.0949. The Morgan fingerprint density at radius 2 is 2.19 bits per heavy atom. The van der Waals surface area contributed by atoms with Gasteiger partial charge in [-0.2, -0.15) is 5.10 Å².